The molecule has 0 bridgehead atoms. The molecule has 3 aliphatic rings. The van der Waals surface area contributed by atoms with Crippen LogP contribution in [0.15, 0.2) is 42.0 Å². The molecule has 1 aliphatic heterocycles. The van der Waals surface area contributed by atoms with Crippen molar-refractivity contribution in [2.45, 2.75) is 51.1 Å². The molecule has 122 valence electrons. The van der Waals surface area contributed by atoms with Gasteiger partial charge in [0.1, 0.15) is 0 Å². The maximum Gasteiger partial charge on any atom is 0.244 e. The normalized spacial score (nSPS) is 26.9. The first kappa shape index (κ1) is 14.8. The highest BCUT2D eigenvalue weighted by Crippen LogP contribution is 2.48. The van der Waals surface area contributed by atoms with E-state index in [1.54, 1.807) is 0 Å². The number of rotatable bonds is 5. The predicted octanol–water partition coefficient (Wildman–Crippen LogP) is 3.52. The van der Waals surface area contributed by atoms with Gasteiger partial charge in [-0.2, -0.15) is 0 Å². The summed E-state index contributed by atoms with van der Waals surface area (Å²) >= 11 is 0. The summed E-state index contributed by atoms with van der Waals surface area (Å²) in [5.74, 6) is 1.57. The number of hydrogen-bond acceptors (Lipinski definition) is 2. The third kappa shape index (κ3) is 3.44. The standard InChI is InChI=1S/C20H26N2O/c1-14-11-17(13-22(14)18-5-3-2-4-6-18)21-20(23)12-19(15-7-8-15)16-9-10-16/h2-6,12,14-17H,7-11,13H2,1H3,(H,21,23)/t14-,17+/m1/s1. The molecule has 3 heteroatoms. The highest BCUT2D eigenvalue weighted by Gasteiger charge is 2.37. The SMILES string of the molecule is C[C@@H]1C[C@H](NC(=O)C=C(C2CC2)C2CC2)CN1c1ccccc1. The van der Waals surface area contributed by atoms with Crippen molar-refractivity contribution in [1.29, 1.82) is 0 Å². The quantitative estimate of drug-likeness (QED) is 0.844. The van der Waals surface area contributed by atoms with Gasteiger partial charge in [0.2, 0.25) is 5.91 Å². The fraction of sp³-hybridized carbons (Fsp3) is 0.550. The molecule has 1 saturated heterocycles. The van der Waals surface area contributed by atoms with Crippen molar-refractivity contribution in [1.82, 2.24) is 5.32 Å². The van der Waals surface area contributed by atoms with Crippen LogP contribution in [0.4, 0.5) is 5.69 Å². The topological polar surface area (TPSA) is 32.3 Å². The lowest BCUT2D eigenvalue weighted by molar-refractivity contribution is -0.117. The number of amides is 1. The smallest absolute Gasteiger partial charge is 0.244 e. The zero-order valence-corrected chi connectivity index (χ0v) is 13.9. The van der Waals surface area contributed by atoms with Crippen LogP contribution in [0.5, 0.6) is 0 Å². The second-order valence-corrected chi connectivity index (χ2v) is 7.47. The zero-order valence-electron chi connectivity index (χ0n) is 13.9. The van der Waals surface area contributed by atoms with Gasteiger partial charge >= 0.3 is 0 Å². The molecule has 23 heavy (non-hydrogen) atoms. The van der Waals surface area contributed by atoms with Gasteiger partial charge in [-0.05, 0) is 63.0 Å². The van der Waals surface area contributed by atoms with Gasteiger partial charge in [-0.1, -0.05) is 23.8 Å². The van der Waals surface area contributed by atoms with Gasteiger partial charge in [-0.3, -0.25) is 4.79 Å². The van der Waals surface area contributed by atoms with E-state index in [0.717, 1.165) is 24.8 Å². The van der Waals surface area contributed by atoms with Crippen LogP contribution >= 0.6 is 0 Å². The van der Waals surface area contributed by atoms with Gasteiger partial charge in [0, 0.05) is 30.4 Å². The summed E-state index contributed by atoms with van der Waals surface area (Å²) in [6.07, 6.45) is 8.12. The Labute approximate surface area is 138 Å². The summed E-state index contributed by atoms with van der Waals surface area (Å²) in [7, 11) is 0. The minimum atomic E-state index is 0.130. The second-order valence-electron chi connectivity index (χ2n) is 7.47. The predicted molar refractivity (Wildman–Crippen MR) is 93.3 cm³/mol. The summed E-state index contributed by atoms with van der Waals surface area (Å²) in [6.45, 7) is 3.15. The van der Waals surface area contributed by atoms with Crippen LogP contribution in [0.25, 0.3) is 0 Å². The van der Waals surface area contributed by atoms with E-state index in [0.29, 0.717) is 6.04 Å². The van der Waals surface area contributed by atoms with Crippen molar-refractivity contribution >= 4 is 11.6 Å². The highest BCUT2D eigenvalue weighted by atomic mass is 16.1. The molecular weight excluding hydrogens is 284 g/mol. The number of allylic oxidation sites excluding steroid dienone is 1. The summed E-state index contributed by atoms with van der Waals surface area (Å²) in [4.78, 5) is 14.8. The van der Waals surface area contributed by atoms with Crippen molar-refractivity contribution in [2.75, 3.05) is 11.4 Å². The Morgan fingerprint density at radius 3 is 2.39 bits per heavy atom. The fourth-order valence-electron chi connectivity index (χ4n) is 3.91. The van der Waals surface area contributed by atoms with Gasteiger partial charge < -0.3 is 10.2 Å². The highest BCUT2D eigenvalue weighted by molar-refractivity contribution is 5.89. The molecule has 0 radical (unpaired) electrons. The number of benzene rings is 1. The lowest BCUT2D eigenvalue weighted by Crippen LogP contribution is -2.36. The van der Waals surface area contributed by atoms with Crippen molar-refractivity contribution in [2.24, 2.45) is 11.8 Å². The van der Waals surface area contributed by atoms with Crippen LogP contribution < -0.4 is 10.2 Å². The van der Waals surface area contributed by atoms with Crippen LogP contribution in [0.1, 0.15) is 39.0 Å². The van der Waals surface area contributed by atoms with E-state index in [2.05, 4.69) is 41.4 Å². The van der Waals surface area contributed by atoms with E-state index < -0.39 is 0 Å². The maximum absolute atomic E-state index is 12.4. The van der Waals surface area contributed by atoms with Crippen molar-refractivity contribution in [3.63, 3.8) is 0 Å². The molecule has 3 nitrogen and oxygen atoms in total. The molecular formula is C20H26N2O. The summed E-state index contributed by atoms with van der Waals surface area (Å²) in [5, 5.41) is 3.25. The first-order chi connectivity index (χ1) is 11.2. The number of anilines is 1. The van der Waals surface area contributed by atoms with Crippen LogP contribution in [0, 0.1) is 11.8 Å². The number of nitrogens with zero attached hydrogens (tertiary/aromatic N) is 1. The van der Waals surface area contributed by atoms with Crippen molar-refractivity contribution in [3.05, 3.63) is 42.0 Å². The number of carbonyl (C=O) groups is 1. The van der Waals surface area contributed by atoms with Crippen molar-refractivity contribution < 1.29 is 4.79 Å². The molecule has 3 fully saturated rings. The molecule has 1 aromatic rings. The molecule has 0 aromatic heterocycles. The van der Waals surface area contributed by atoms with Crippen LogP contribution in [-0.2, 0) is 4.79 Å². The largest absolute Gasteiger partial charge is 0.367 e. The number of hydrogen-bond donors (Lipinski definition) is 1. The molecule has 1 N–H and O–H groups in total. The van der Waals surface area contributed by atoms with E-state index in [1.165, 1.54) is 36.9 Å². The van der Waals surface area contributed by atoms with Crippen LogP contribution in [-0.4, -0.2) is 24.5 Å². The Bertz CT molecular complexity index is 587. The maximum atomic E-state index is 12.4. The van der Waals surface area contributed by atoms with E-state index in [-0.39, 0.29) is 11.9 Å². The second kappa shape index (κ2) is 6.03. The Hall–Kier alpha value is -1.77. The third-order valence-corrected chi connectivity index (χ3v) is 5.40. The Morgan fingerprint density at radius 2 is 1.78 bits per heavy atom. The zero-order chi connectivity index (χ0) is 15.8. The first-order valence-electron chi connectivity index (χ1n) is 9.04. The number of nitrogens with one attached hydrogen (secondary N) is 1. The van der Waals surface area contributed by atoms with Gasteiger partial charge in [0.15, 0.2) is 0 Å². The molecule has 0 unspecified atom stereocenters. The Balaban J connectivity index is 1.38. The molecule has 2 atom stereocenters. The molecule has 2 saturated carbocycles. The third-order valence-electron chi connectivity index (χ3n) is 5.40. The fourth-order valence-corrected chi connectivity index (χ4v) is 3.91. The van der Waals surface area contributed by atoms with E-state index in [1.807, 2.05) is 12.1 Å². The van der Waals surface area contributed by atoms with E-state index >= 15 is 0 Å². The monoisotopic (exact) mass is 310 g/mol. The van der Waals surface area contributed by atoms with Gasteiger partial charge in [0.05, 0.1) is 0 Å². The molecule has 0 spiro atoms. The summed E-state index contributed by atoms with van der Waals surface area (Å²) < 4.78 is 0. The molecule has 4 rings (SSSR count). The minimum absolute atomic E-state index is 0.130. The van der Waals surface area contributed by atoms with Crippen molar-refractivity contribution in [3.8, 4) is 0 Å². The van der Waals surface area contributed by atoms with Gasteiger partial charge in [-0.25, -0.2) is 0 Å². The lowest BCUT2D eigenvalue weighted by Gasteiger charge is -2.23. The van der Waals surface area contributed by atoms with Gasteiger partial charge in [-0.15, -0.1) is 0 Å². The van der Waals surface area contributed by atoms with Gasteiger partial charge in [0.25, 0.3) is 0 Å². The Morgan fingerprint density at radius 1 is 1.13 bits per heavy atom. The van der Waals surface area contributed by atoms with Crippen LogP contribution in [0.3, 0.4) is 0 Å². The molecule has 1 heterocycles. The van der Waals surface area contributed by atoms with E-state index in [9.17, 15) is 4.79 Å². The number of carbonyl (C=O) groups excluding carboxylic acids is 1. The van der Waals surface area contributed by atoms with E-state index in [4.69, 9.17) is 0 Å². The van der Waals surface area contributed by atoms with Crippen LogP contribution in [0.2, 0.25) is 0 Å². The lowest BCUT2D eigenvalue weighted by atomic mass is 10.1. The molecule has 2 aliphatic carbocycles. The average molecular weight is 310 g/mol. The number of para-hydroxylation sites is 1. The molecule has 1 aromatic carbocycles. The summed E-state index contributed by atoms with van der Waals surface area (Å²) in [6, 6.07) is 11.2. The average Bonchev–Trinajstić information content (AvgIpc) is 3.45. The minimum Gasteiger partial charge on any atom is -0.367 e. The Kier molecular flexibility index (Phi) is 3.88. The first-order valence-corrected chi connectivity index (χ1v) is 9.04. The summed E-state index contributed by atoms with van der Waals surface area (Å²) in [5.41, 5.74) is 2.69. The molecule has 1 amide bonds.